The highest BCUT2D eigenvalue weighted by Gasteiger charge is 2.23. The molecule has 0 aliphatic heterocycles. The van der Waals surface area contributed by atoms with E-state index in [4.69, 9.17) is 9.47 Å². The monoisotopic (exact) mass is 387 g/mol. The van der Waals surface area contributed by atoms with Gasteiger partial charge in [0.1, 0.15) is 5.75 Å². The SMILES string of the molecule is CNc1ccc([N+](=O)[O-])cc1C(=O)O[C@H](C)C(=O)NCc1ccccc1OC. The van der Waals surface area contributed by atoms with Gasteiger partial charge < -0.3 is 20.1 Å². The normalized spacial score (nSPS) is 11.2. The van der Waals surface area contributed by atoms with Crippen molar-refractivity contribution in [3.8, 4) is 5.75 Å². The topological polar surface area (TPSA) is 120 Å². The van der Waals surface area contributed by atoms with Gasteiger partial charge in [0.2, 0.25) is 0 Å². The molecule has 0 spiro atoms. The van der Waals surface area contributed by atoms with Crippen molar-refractivity contribution in [2.75, 3.05) is 19.5 Å². The molecule has 9 heteroatoms. The molecule has 0 aliphatic rings. The van der Waals surface area contributed by atoms with Crippen LogP contribution in [-0.4, -0.2) is 37.1 Å². The van der Waals surface area contributed by atoms with Gasteiger partial charge >= 0.3 is 5.97 Å². The van der Waals surface area contributed by atoms with Crippen LogP contribution in [0.1, 0.15) is 22.8 Å². The van der Waals surface area contributed by atoms with Gasteiger partial charge in [-0.2, -0.15) is 0 Å². The smallest absolute Gasteiger partial charge is 0.341 e. The second-order valence-electron chi connectivity index (χ2n) is 5.81. The maximum absolute atomic E-state index is 12.4. The Morgan fingerprint density at radius 3 is 2.57 bits per heavy atom. The highest BCUT2D eigenvalue weighted by molar-refractivity contribution is 5.98. The van der Waals surface area contributed by atoms with E-state index in [0.29, 0.717) is 11.4 Å². The molecule has 2 aromatic carbocycles. The van der Waals surface area contributed by atoms with Gasteiger partial charge in [-0.05, 0) is 19.1 Å². The Morgan fingerprint density at radius 2 is 1.93 bits per heavy atom. The third-order valence-corrected chi connectivity index (χ3v) is 4.00. The summed E-state index contributed by atoms with van der Waals surface area (Å²) in [4.78, 5) is 35.0. The molecule has 0 unspecified atom stereocenters. The second-order valence-corrected chi connectivity index (χ2v) is 5.81. The van der Waals surface area contributed by atoms with E-state index >= 15 is 0 Å². The molecule has 0 fully saturated rings. The number of nitro groups is 1. The van der Waals surface area contributed by atoms with Gasteiger partial charge in [-0.1, -0.05) is 18.2 Å². The summed E-state index contributed by atoms with van der Waals surface area (Å²) in [6.45, 7) is 1.62. The number of para-hydroxylation sites is 1. The van der Waals surface area contributed by atoms with E-state index < -0.39 is 22.9 Å². The highest BCUT2D eigenvalue weighted by Crippen LogP contribution is 2.23. The third-order valence-electron chi connectivity index (χ3n) is 4.00. The average molecular weight is 387 g/mol. The van der Waals surface area contributed by atoms with Crippen molar-refractivity contribution >= 4 is 23.3 Å². The molecule has 0 saturated carbocycles. The number of anilines is 1. The van der Waals surface area contributed by atoms with E-state index in [9.17, 15) is 19.7 Å². The van der Waals surface area contributed by atoms with Crippen LogP contribution in [0.3, 0.4) is 0 Å². The van der Waals surface area contributed by atoms with Gasteiger partial charge in [-0.25, -0.2) is 4.79 Å². The zero-order valence-corrected chi connectivity index (χ0v) is 15.7. The quantitative estimate of drug-likeness (QED) is 0.406. The summed E-state index contributed by atoms with van der Waals surface area (Å²) in [5.41, 5.74) is 0.852. The molecule has 2 rings (SSSR count). The van der Waals surface area contributed by atoms with Crippen molar-refractivity contribution in [3.63, 3.8) is 0 Å². The molecule has 28 heavy (non-hydrogen) atoms. The zero-order chi connectivity index (χ0) is 20.7. The highest BCUT2D eigenvalue weighted by atomic mass is 16.6. The summed E-state index contributed by atoms with van der Waals surface area (Å²) in [6.07, 6.45) is -1.09. The Balaban J connectivity index is 2.04. The fraction of sp³-hybridized carbons (Fsp3) is 0.263. The minimum atomic E-state index is -1.09. The van der Waals surface area contributed by atoms with E-state index in [1.54, 1.807) is 19.2 Å². The Hall–Kier alpha value is -3.62. The van der Waals surface area contributed by atoms with Gasteiger partial charge in [0.05, 0.1) is 17.6 Å². The first-order valence-electron chi connectivity index (χ1n) is 8.44. The van der Waals surface area contributed by atoms with Crippen LogP contribution in [0.15, 0.2) is 42.5 Å². The Labute approximate surface area is 161 Å². The predicted molar refractivity (Wildman–Crippen MR) is 102 cm³/mol. The fourth-order valence-electron chi connectivity index (χ4n) is 2.49. The number of nitrogens with zero attached hydrogens (tertiary/aromatic N) is 1. The maximum Gasteiger partial charge on any atom is 0.341 e. The molecular weight excluding hydrogens is 366 g/mol. The standard InChI is InChI=1S/C19H21N3O6/c1-12(18(23)21-11-13-6-4-5-7-17(13)27-3)28-19(24)15-10-14(22(25)26)8-9-16(15)20-2/h4-10,12,20H,11H2,1-3H3,(H,21,23)/t12-/m1/s1. The van der Waals surface area contributed by atoms with Crippen molar-refractivity contribution in [2.45, 2.75) is 19.6 Å². The summed E-state index contributed by atoms with van der Waals surface area (Å²) in [6, 6.07) is 11.0. The summed E-state index contributed by atoms with van der Waals surface area (Å²) < 4.78 is 10.4. The van der Waals surface area contributed by atoms with E-state index in [1.165, 1.54) is 26.2 Å². The molecule has 148 valence electrons. The van der Waals surface area contributed by atoms with Crippen molar-refractivity contribution in [3.05, 3.63) is 63.7 Å². The first-order chi connectivity index (χ1) is 13.4. The molecule has 0 radical (unpaired) electrons. The lowest BCUT2D eigenvalue weighted by molar-refractivity contribution is -0.384. The number of non-ortho nitro benzene ring substituents is 1. The number of carbonyl (C=O) groups excluding carboxylic acids is 2. The van der Waals surface area contributed by atoms with Crippen molar-refractivity contribution < 1.29 is 24.0 Å². The van der Waals surface area contributed by atoms with E-state index in [0.717, 1.165) is 11.6 Å². The number of methoxy groups -OCH3 is 1. The van der Waals surface area contributed by atoms with Gasteiger partial charge in [0.25, 0.3) is 11.6 Å². The number of ether oxygens (including phenoxy) is 2. The van der Waals surface area contributed by atoms with Gasteiger partial charge in [0.15, 0.2) is 6.10 Å². The van der Waals surface area contributed by atoms with Crippen LogP contribution in [0.4, 0.5) is 11.4 Å². The van der Waals surface area contributed by atoms with Gasteiger partial charge in [-0.15, -0.1) is 0 Å². The van der Waals surface area contributed by atoms with E-state index in [1.807, 2.05) is 12.1 Å². The first kappa shape index (κ1) is 20.7. The second kappa shape index (κ2) is 9.36. The van der Waals surface area contributed by atoms with Crippen molar-refractivity contribution in [1.82, 2.24) is 5.32 Å². The third kappa shape index (κ3) is 4.97. The number of carbonyl (C=O) groups is 2. The maximum atomic E-state index is 12.4. The number of esters is 1. The lowest BCUT2D eigenvalue weighted by Gasteiger charge is -2.15. The number of rotatable bonds is 8. The molecule has 9 nitrogen and oxygen atoms in total. The average Bonchev–Trinajstić information content (AvgIpc) is 2.71. The summed E-state index contributed by atoms with van der Waals surface area (Å²) in [7, 11) is 3.10. The van der Waals surface area contributed by atoms with Crippen LogP contribution in [-0.2, 0) is 16.1 Å². The summed E-state index contributed by atoms with van der Waals surface area (Å²) >= 11 is 0. The lowest BCUT2D eigenvalue weighted by Crippen LogP contribution is -2.35. The molecule has 1 atom stereocenters. The molecule has 0 aromatic heterocycles. The number of benzene rings is 2. The summed E-state index contributed by atoms with van der Waals surface area (Å²) in [5, 5.41) is 16.4. The Morgan fingerprint density at radius 1 is 1.21 bits per heavy atom. The van der Waals surface area contributed by atoms with E-state index in [-0.39, 0.29) is 17.8 Å². The van der Waals surface area contributed by atoms with Crippen LogP contribution in [0.5, 0.6) is 5.75 Å². The van der Waals surface area contributed by atoms with Gasteiger partial charge in [0, 0.05) is 37.0 Å². The van der Waals surface area contributed by atoms with Crippen LogP contribution < -0.4 is 15.4 Å². The zero-order valence-electron chi connectivity index (χ0n) is 15.7. The van der Waals surface area contributed by atoms with Gasteiger partial charge in [-0.3, -0.25) is 14.9 Å². The molecule has 0 saturated heterocycles. The van der Waals surface area contributed by atoms with E-state index in [2.05, 4.69) is 10.6 Å². The number of amides is 1. The molecular formula is C19H21N3O6. The lowest BCUT2D eigenvalue weighted by atomic mass is 10.1. The van der Waals surface area contributed by atoms with Crippen LogP contribution in [0.2, 0.25) is 0 Å². The number of nitro benzene ring substituents is 1. The fourth-order valence-corrected chi connectivity index (χ4v) is 2.49. The predicted octanol–water partition coefficient (Wildman–Crippen LogP) is 2.51. The van der Waals surface area contributed by atoms with Crippen molar-refractivity contribution in [1.29, 1.82) is 0 Å². The molecule has 1 amide bonds. The molecule has 0 heterocycles. The molecule has 0 aliphatic carbocycles. The Kier molecular flexibility index (Phi) is 6.91. The largest absolute Gasteiger partial charge is 0.496 e. The summed E-state index contributed by atoms with van der Waals surface area (Å²) in [5.74, 6) is -0.716. The minimum Gasteiger partial charge on any atom is -0.496 e. The van der Waals surface area contributed by atoms with Crippen LogP contribution in [0.25, 0.3) is 0 Å². The molecule has 0 bridgehead atoms. The minimum absolute atomic E-state index is 0.0268. The van der Waals surface area contributed by atoms with Crippen LogP contribution >= 0.6 is 0 Å². The first-order valence-corrected chi connectivity index (χ1v) is 8.44. The molecule has 2 aromatic rings. The van der Waals surface area contributed by atoms with Crippen LogP contribution in [0, 0.1) is 10.1 Å². The number of nitrogens with one attached hydrogen (secondary N) is 2. The molecule has 2 N–H and O–H groups in total. The number of hydrogen-bond donors (Lipinski definition) is 2. The Bertz CT molecular complexity index is 884. The number of hydrogen-bond acceptors (Lipinski definition) is 7. The van der Waals surface area contributed by atoms with Crippen molar-refractivity contribution in [2.24, 2.45) is 0 Å².